The summed E-state index contributed by atoms with van der Waals surface area (Å²) in [4.78, 5) is 23.9. The Bertz CT molecular complexity index is 713. The predicted octanol–water partition coefficient (Wildman–Crippen LogP) is 4.04. The summed E-state index contributed by atoms with van der Waals surface area (Å²) in [7, 11) is 1.50. The number of methoxy groups -OCH3 is 1. The minimum absolute atomic E-state index is 0.270. The molecule has 0 aliphatic carbocycles. The van der Waals surface area contributed by atoms with Gasteiger partial charge in [-0.25, -0.2) is 4.79 Å². The zero-order valence-corrected chi connectivity index (χ0v) is 13.1. The Balaban J connectivity index is 2.00. The molecule has 0 unspecified atom stereocenters. The lowest BCUT2D eigenvalue weighted by Crippen LogP contribution is -2.14. The molecule has 0 heterocycles. The third-order valence-corrected chi connectivity index (χ3v) is 3.62. The summed E-state index contributed by atoms with van der Waals surface area (Å²) in [6.45, 7) is -0.381. The van der Waals surface area contributed by atoms with Crippen LogP contribution in [0.4, 0.5) is 0 Å². The smallest absolute Gasteiger partial charge is 0.338 e. The van der Waals surface area contributed by atoms with Crippen molar-refractivity contribution in [2.24, 2.45) is 0 Å². The molecule has 0 aromatic heterocycles. The van der Waals surface area contributed by atoms with Crippen LogP contribution in [-0.4, -0.2) is 25.5 Å². The molecular formula is C16H12Cl2O4. The van der Waals surface area contributed by atoms with Crippen LogP contribution in [0.15, 0.2) is 42.5 Å². The number of carbonyl (C=O) groups is 2. The fraction of sp³-hybridized carbons (Fsp3) is 0.125. The molecule has 22 heavy (non-hydrogen) atoms. The van der Waals surface area contributed by atoms with Crippen molar-refractivity contribution in [3.8, 4) is 5.75 Å². The van der Waals surface area contributed by atoms with Crippen molar-refractivity contribution in [3.05, 3.63) is 63.6 Å². The first-order valence-electron chi connectivity index (χ1n) is 6.30. The second kappa shape index (κ2) is 7.29. The minimum atomic E-state index is -0.604. The number of Topliss-reactive ketones (excluding diaryl/α,β-unsaturated/α-hetero) is 1. The summed E-state index contributed by atoms with van der Waals surface area (Å²) >= 11 is 11.6. The van der Waals surface area contributed by atoms with Gasteiger partial charge in [-0.15, -0.1) is 0 Å². The molecule has 4 nitrogen and oxygen atoms in total. The molecule has 0 spiro atoms. The Kier molecular flexibility index (Phi) is 5.41. The van der Waals surface area contributed by atoms with Crippen molar-refractivity contribution in [2.75, 3.05) is 13.7 Å². The van der Waals surface area contributed by atoms with E-state index in [1.165, 1.54) is 31.4 Å². The van der Waals surface area contributed by atoms with Crippen molar-refractivity contribution in [1.29, 1.82) is 0 Å². The lowest BCUT2D eigenvalue weighted by molar-refractivity contribution is 0.0474. The number of hydrogen-bond donors (Lipinski definition) is 0. The lowest BCUT2D eigenvalue weighted by atomic mass is 10.1. The van der Waals surface area contributed by atoms with Gasteiger partial charge in [0, 0.05) is 5.56 Å². The molecule has 0 aliphatic rings. The fourth-order valence-corrected chi connectivity index (χ4v) is 2.02. The van der Waals surface area contributed by atoms with Gasteiger partial charge in [-0.1, -0.05) is 29.3 Å². The molecule has 2 aromatic rings. The van der Waals surface area contributed by atoms with Gasteiger partial charge in [0.05, 0.1) is 22.7 Å². The molecule has 0 bridgehead atoms. The largest absolute Gasteiger partial charge is 0.497 e. The lowest BCUT2D eigenvalue weighted by Gasteiger charge is -2.06. The molecule has 0 N–H and O–H groups in total. The summed E-state index contributed by atoms with van der Waals surface area (Å²) < 4.78 is 10.0. The van der Waals surface area contributed by atoms with Crippen LogP contribution in [-0.2, 0) is 4.74 Å². The Morgan fingerprint density at radius 2 is 1.77 bits per heavy atom. The molecular weight excluding hydrogens is 327 g/mol. The van der Waals surface area contributed by atoms with Crippen LogP contribution in [0, 0.1) is 0 Å². The van der Waals surface area contributed by atoms with Crippen LogP contribution in [0.5, 0.6) is 5.75 Å². The van der Waals surface area contributed by atoms with E-state index in [2.05, 4.69) is 0 Å². The molecule has 0 aliphatic heterocycles. The minimum Gasteiger partial charge on any atom is -0.497 e. The van der Waals surface area contributed by atoms with Crippen LogP contribution >= 0.6 is 23.2 Å². The van der Waals surface area contributed by atoms with Crippen molar-refractivity contribution in [1.82, 2.24) is 0 Å². The zero-order chi connectivity index (χ0) is 16.1. The number of ketones is 1. The Morgan fingerprint density at radius 3 is 2.45 bits per heavy atom. The number of hydrogen-bond acceptors (Lipinski definition) is 4. The van der Waals surface area contributed by atoms with Gasteiger partial charge < -0.3 is 9.47 Å². The van der Waals surface area contributed by atoms with Crippen molar-refractivity contribution >= 4 is 35.0 Å². The number of carbonyl (C=O) groups excluding carboxylic acids is 2. The second-order valence-electron chi connectivity index (χ2n) is 4.36. The molecule has 114 valence electrons. The highest BCUT2D eigenvalue weighted by Gasteiger charge is 2.13. The van der Waals surface area contributed by atoms with E-state index in [0.717, 1.165) is 0 Å². The number of ether oxygens (including phenoxy) is 2. The van der Waals surface area contributed by atoms with Gasteiger partial charge in [-0.05, 0) is 36.4 Å². The summed E-state index contributed by atoms with van der Waals surface area (Å²) in [6.07, 6.45) is 0. The maximum absolute atomic E-state index is 12.0. The number of esters is 1. The summed E-state index contributed by atoms with van der Waals surface area (Å²) in [5.74, 6) is -0.438. The van der Waals surface area contributed by atoms with E-state index in [0.29, 0.717) is 21.9 Å². The molecule has 0 fully saturated rings. The molecule has 0 saturated heterocycles. The van der Waals surface area contributed by atoms with E-state index >= 15 is 0 Å². The van der Waals surface area contributed by atoms with Gasteiger partial charge in [0.15, 0.2) is 12.4 Å². The molecule has 0 radical (unpaired) electrons. The Morgan fingerprint density at radius 1 is 1.00 bits per heavy atom. The molecule has 2 rings (SSSR count). The standard InChI is InChI=1S/C16H12Cl2O4/c1-21-12-4-2-3-11(7-12)16(20)22-9-15(19)10-5-6-13(17)14(18)8-10/h2-8H,9H2,1H3. The molecule has 0 saturated carbocycles. The van der Waals surface area contributed by atoms with Crippen LogP contribution in [0.25, 0.3) is 0 Å². The number of rotatable bonds is 5. The second-order valence-corrected chi connectivity index (χ2v) is 5.17. The summed E-state index contributed by atoms with van der Waals surface area (Å²) in [5, 5.41) is 0.623. The van der Waals surface area contributed by atoms with Gasteiger partial charge in [-0.3, -0.25) is 4.79 Å². The quantitative estimate of drug-likeness (QED) is 0.609. The first-order chi connectivity index (χ1) is 10.5. The van der Waals surface area contributed by atoms with Gasteiger partial charge in [0.1, 0.15) is 5.75 Å². The van der Waals surface area contributed by atoms with Crippen LogP contribution < -0.4 is 4.74 Å². The van der Waals surface area contributed by atoms with Gasteiger partial charge >= 0.3 is 5.97 Å². The molecule has 6 heteroatoms. The third kappa shape index (κ3) is 4.00. The van der Waals surface area contributed by atoms with Crippen LogP contribution in [0.1, 0.15) is 20.7 Å². The molecule has 0 amide bonds. The Labute approximate surface area is 137 Å². The highest BCUT2D eigenvalue weighted by atomic mass is 35.5. The topological polar surface area (TPSA) is 52.6 Å². The molecule has 2 aromatic carbocycles. The van der Waals surface area contributed by atoms with E-state index in [9.17, 15) is 9.59 Å². The fourth-order valence-electron chi connectivity index (χ4n) is 1.72. The van der Waals surface area contributed by atoms with Crippen molar-refractivity contribution < 1.29 is 19.1 Å². The summed E-state index contributed by atoms with van der Waals surface area (Å²) in [5.41, 5.74) is 0.633. The SMILES string of the molecule is COc1cccc(C(=O)OCC(=O)c2ccc(Cl)c(Cl)c2)c1. The normalized spacial score (nSPS) is 10.1. The first kappa shape index (κ1) is 16.3. The highest BCUT2D eigenvalue weighted by molar-refractivity contribution is 6.42. The third-order valence-electron chi connectivity index (χ3n) is 2.88. The number of benzene rings is 2. The Hall–Kier alpha value is -2.04. The zero-order valence-electron chi connectivity index (χ0n) is 11.6. The maximum atomic E-state index is 12.0. The van der Waals surface area contributed by atoms with Gasteiger partial charge in [-0.2, -0.15) is 0 Å². The summed E-state index contributed by atoms with van der Waals surface area (Å²) in [6, 6.07) is 11.0. The van der Waals surface area contributed by atoms with Crippen molar-refractivity contribution in [2.45, 2.75) is 0 Å². The monoisotopic (exact) mass is 338 g/mol. The van der Waals surface area contributed by atoms with E-state index in [4.69, 9.17) is 32.7 Å². The first-order valence-corrected chi connectivity index (χ1v) is 7.06. The maximum Gasteiger partial charge on any atom is 0.338 e. The van der Waals surface area contributed by atoms with E-state index in [-0.39, 0.29) is 17.4 Å². The van der Waals surface area contributed by atoms with Gasteiger partial charge in [0.25, 0.3) is 0 Å². The van der Waals surface area contributed by atoms with E-state index in [1.807, 2.05) is 0 Å². The average Bonchev–Trinajstić information content (AvgIpc) is 2.54. The van der Waals surface area contributed by atoms with Gasteiger partial charge in [0.2, 0.25) is 0 Å². The van der Waals surface area contributed by atoms with E-state index < -0.39 is 5.97 Å². The van der Waals surface area contributed by atoms with Crippen LogP contribution in [0.3, 0.4) is 0 Å². The average molecular weight is 339 g/mol. The highest BCUT2D eigenvalue weighted by Crippen LogP contribution is 2.23. The molecule has 0 atom stereocenters. The van der Waals surface area contributed by atoms with Crippen molar-refractivity contribution in [3.63, 3.8) is 0 Å². The number of halogens is 2. The predicted molar refractivity (Wildman–Crippen MR) is 84.1 cm³/mol. The van der Waals surface area contributed by atoms with E-state index in [1.54, 1.807) is 18.2 Å². The van der Waals surface area contributed by atoms with Crippen LogP contribution in [0.2, 0.25) is 10.0 Å².